The second-order valence-corrected chi connectivity index (χ2v) is 6.45. The van der Waals surface area contributed by atoms with E-state index in [1.807, 2.05) is 20.9 Å². The van der Waals surface area contributed by atoms with Crippen LogP contribution in [0.4, 0.5) is 18.9 Å². The molecule has 0 unspecified atom stereocenters. The van der Waals surface area contributed by atoms with Crippen LogP contribution in [0.3, 0.4) is 0 Å². The molecule has 0 saturated heterocycles. The van der Waals surface area contributed by atoms with Crippen molar-refractivity contribution in [1.29, 1.82) is 0 Å². The molecule has 0 saturated carbocycles. The molecule has 0 fully saturated rings. The van der Waals surface area contributed by atoms with E-state index in [9.17, 15) is 18.0 Å². The van der Waals surface area contributed by atoms with Crippen LogP contribution in [0.5, 0.6) is 0 Å². The molecule has 0 bridgehead atoms. The van der Waals surface area contributed by atoms with Crippen molar-refractivity contribution in [3.8, 4) is 0 Å². The summed E-state index contributed by atoms with van der Waals surface area (Å²) in [7, 11) is 1.81. The number of hydrogen-bond donors (Lipinski definition) is 1. The van der Waals surface area contributed by atoms with E-state index in [-0.39, 0.29) is 0 Å². The highest BCUT2D eigenvalue weighted by Gasteiger charge is 2.27. The highest BCUT2D eigenvalue weighted by Crippen LogP contribution is 2.32. The van der Waals surface area contributed by atoms with Gasteiger partial charge < -0.3 is 5.32 Å². The number of anilines is 1. The molecule has 1 heterocycles. The number of rotatable bonds is 5. The molecule has 1 amide bonds. The largest absolute Gasteiger partial charge is 0.398 e. The van der Waals surface area contributed by atoms with Crippen molar-refractivity contribution in [2.45, 2.75) is 24.9 Å². The van der Waals surface area contributed by atoms with Crippen LogP contribution >= 0.6 is 11.8 Å². The number of alkyl halides is 3. The summed E-state index contributed by atoms with van der Waals surface area (Å²) in [6.07, 6.45) is -1.27. The number of aromatic nitrogens is 2. The Bertz CT molecular complexity index is 797. The van der Waals surface area contributed by atoms with Crippen molar-refractivity contribution in [2.24, 2.45) is 7.05 Å². The minimum absolute atomic E-state index is 0.353. The summed E-state index contributed by atoms with van der Waals surface area (Å²) in [6.45, 7) is 3.73. The van der Waals surface area contributed by atoms with E-state index in [1.165, 1.54) is 6.08 Å². The highest BCUT2D eigenvalue weighted by molar-refractivity contribution is 7.99. The quantitative estimate of drug-likeness (QED) is 0.630. The maximum Gasteiger partial charge on any atom is 0.398 e. The number of carbonyl (C=O) groups excluding carboxylic acids is 1. The van der Waals surface area contributed by atoms with Crippen LogP contribution in [0, 0.1) is 13.8 Å². The van der Waals surface area contributed by atoms with Gasteiger partial charge in [-0.25, -0.2) is 0 Å². The Morgan fingerprint density at radius 2 is 2.00 bits per heavy atom. The van der Waals surface area contributed by atoms with Gasteiger partial charge >= 0.3 is 6.18 Å². The molecule has 2 aromatic rings. The molecule has 4 nitrogen and oxygen atoms in total. The minimum Gasteiger partial charge on any atom is -0.321 e. The highest BCUT2D eigenvalue weighted by atomic mass is 32.2. The van der Waals surface area contributed by atoms with Gasteiger partial charge in [0.25, 0.3) is 0 Å². The number of nitrogens with one attached hydrogen (secondary N) is 1. The molecular weight excluding hydrogens is 351 g/mol. The van der Waals surface area contributed by atoms with Crippen molar-refractivity contribution in [3.05, 3.63) is 47.3 Å². The molecule has 1 aromatic carbocycles. The minimum atomic E-state index is -4.27. The predicted molar refractivity (Wildman–Crippen MR) is 93.6 cm³/mol. The molecule has 0 radical (unpaired) electrons. The number of nitrogens with zero attached hydrogens (tertiary/aromatic N) is 2. The SMILES string of the molecule is Cc1nn(C)c(C)c1/C=C/C(=O)Nc1ccccc1SCC(F)(F)F. The summed E-state index contributed by atoms with van der Waals surface area (Å²) >= 11 is 0.642. The van der Waals surface area contributed by atoms with Crippen LogP contribution in [-0.4, -0.2) is 27.6 Å². The van der Waals surface area contributed by atoms with Crippen LogP contribution < -0.4 is 5.32 Å². The van der Waals surface area contributed by atoms with E-state index in [2.05, 4.69) is 10.4 Å². The lowest BCUT2D eigenvalue weighted by Gasteiger charge is -2.10. The van der Waals surface area contributed by atoms with Crippen LogP contribution in [0.15, 0.2) is 35.2 Å². The number of para-hydroxylation sites is 1. The molecule has 1 aromatic heterocycles. The Kier molecular flexibility index (Phi) is 5.94. The third-order valence-electron chi connectivity index (χ3n) is 3.50. The van der Waals surface area contributed by atoms with E-state index in [0.717, 1.165) is 17.0 Å². The number of carbonyl (C=O) groups is 1. The van der Waals surface area contributed by atoms with E-state index >= 15 is 0 Å². The summed E-state index contributed by atoms with van der Waals surface area (Å²) in [5.74, 6) is -1.42. The van der Waals surface area contributed by atoms with Gasteiger partial charge in [-0.2, -0.15) is 18.3 Å². The molecule has 0 aliphatic rings. The zero-order valence-electron chi connectivity index (χ0n) is 14.0. The van der Waals surface area contributed by atoms with E-state index < -0.39 is 17.8 Å². The average molecular weight is 369 g/mol. The average Bonchev–Trinajstić information content (AvgIpc) is 2.76. The smallest absolute Gasteiger partial charge is 0.321 e. The number of thioether (sulfide) groups is 1. The summed E-state index contributed by atoms with van der Waals surface area (Å²) in [4.78, 5) is 12.5. The van der Waals surface area contributed by atoms with Crippen molar-refractivity contribution < 1.29 is 18.0 Å². The maximum atomic E-state index is 12.4. The van der Waals surface area contributed by atoms with Crippen molar-refractivity contribution in [3.63, 3.8) is 0 Å². The first-order chi connectivity index (χ1) is 11.7. The Morgan fingerprint density at radius 3 is 2.60 bits per heavy atom. The van der Waals surface area contributed by atoms with Crippen LogP contribution in [-0.2, 0) is 11.8 Å². The van der Waals surface area contributed by atoms with E-state index in [4.69, 9.17) is 0 Å². The monoisotopic (exact) mass is 369 g/mol. The fourth-order valence-electron chi connectivity index (χ4n) is 2.22. The lowest BCUT2D eigenvalue weighted by Crippen LogP contribution is -2.12. The molecule has 8 heteroatoms. The molecule has 0 aliphatic carbocycles. The van der Waals surface area contributed by atoms with E-state index in [0.29, 0.717) is 22.3 Å². The van der Waals surface area contributed by atoms with Gasteiger partial charge in [-0.05, 0) is 32.1 Å². The molecule has 1 N–H and O–H groups in total. The summed E-state index contributed by atoms with van der Waals surface area (Å²) in [5.41, 5.74) is 2.91. The van der Waals surface area contributed by atoms with Gasteiger partial charge in [0.2, 0.25) is 5.91 Å². The normalized spacial score (nSPS) is 11.9. The Labute approximate surface area is 148 Å². The van der Waals surface area contributed by atoms with Crippen LogP contribution in [0.25, 0.3) is 6.08 Å². The fraction of sp³-hybridized carbons (Fsp3) is 0.294. The number of amides is 1. The van der Waals surface area contributed by atoms with Gasteiger partial charge in [0.15, 0.2) is 0 Å². The lowest BCUT2D eigenvalue weighted by molar-refractivity contribution is -0.111. The Balaban J connectivity index is 2.09. The molecule has 0 atom stereocenters. The number of aryl methyl sites for hydroxylation is 2. The van der Waals surface area contributed by atoms with Crippen molar-refractivity contribution >= 4 is 29.4 Å². The first-order valence-electron chi connectivity index (χ1n) is 7.45. The molecule has 2 rings (SSSR count). The maximum absolute atomic E-state index is 12.4. The number of hydrogen-bond acceptors (Lipinski definition) is 3. The standard InChI is InChI=1S/C17H18F3N3OS/c1-11-13(12(2)23(3)22-11)8-9-16(24)21-14-6-4-5-7-15(14)25-10-17(18,19)20/h4-9H,10H2,1-3H3,(H,21,24)/b9-8+. The fourth-order valence-corrected chi connectivity index (χ4v) is 2.99. The Hall–Kier alpha value is -2.22. The summed E-state index contributed by atoms with van der Waals surface area (Å²) < 4.78 is 38.9. The van der Waals surface area contributed by atoms with Gasteiger partial charge in [-0.3, -0.25) is 9.48 Å². The zero-order valence-corrected chi connectivity index (χ0v) is 14.8. The molecule has 0 spiro atoms. The first kappa shape index (κ1) is 19.1. The van der Waals surface area contributed by atoms with Crippen LogP contribution in [0.2, 0.25) is 0 Å². The van der Waals surface area contributed by atoms with Crippen LogP contribution in [0.1, 0.15) is 17.0 Å². The third-order valence-corrected chi connectivity index (χ3v) is 4.64. The zero-order chi connectivity index (χ0) is 18.6. The Morgan fingerprint density at radius 1 is 1.32 bits per heavy atom. The molecule has 0 aliphatic heterocycles. The summed E-state index contributed by atoms with van der Waals surface area (Å²) in [6, 6.07) is 6.41. The number of halogens is 3. The topological polar surface area (TPSA) is 46.9 Å². The van der Waals surface area contributed by atoms with Crippen molar-refractivity contribution in [1.82, 2.24) is 9.78 Å². The second kappa shape index (κ2) is 7.77. The van der Waals surface area contributed by atoms with Gasteiger partial charge in [-0.15, -0.1) is 11.8 Å². The summed E-state index contributed by atoms with van der Waals surface area (Å²) in [5, 5.41) is 6.88. The van der Waals surface area contributed by atoms with Crippen molar-refractivity contribution in [2.75, 3.05) is 11.1 Å². The molecule has 134 valence electrons. The molecular formula is C17H18F3N3OS. The van der Waals surface area contributed by atoms with Gasteiger partial charge in [0.05, 0.1) is 17.1 Å². The predicted octanol–water partition coefficient (Wildman–Crippen LogP) is 4.34. The molecule has 25 heavy (non-hydrogen) atoms. The lowest BCUT2D eigenvalue weighted by atomic mass is 10.2. The second-order valence-electron chi connectivity index (χ2n) is 5.43. The third kappa shape index (κ3) is 5.38. The number of benzene rings is 1. The van der Waals surface area contributed by atoms with Gasteiger partial charge in [0, 0.05) is 29.3 Å². The van der Waals surface area contributed by atoms with Gasteiger partial charge in [-0.1, -0.05) is 12.1 Å². The van der Waals surface area contributed by atoms with Gasteiger partial charge in [0.1, 0.15) is 0 Å². The van der Waals surface area contributed by atoms with E-state index in [1.54, 1.807) is 35.0 Å². The first-order valence-corrected chi connectivity index (χ1v) is 8.44.